The number of thiophene rings is 1. The van der Waals surface area contributed by atoms with Gasteiger partial charge in [-0.05, 0) is 43.7 Å². The molecule has 1 amide bonds. The fraction of sp³-hybridized carbons (Fsp3) is 0.500. The predicted molar refractivity (Wildman–Crippen MR) is 75.2 cm³/mol. The molecule has 1 saturated heterocycles. The number of piperidine rings is 1. The lowest BCUT2D eigenvalue weighted by molar-refractivity contribution is 0.0714. The number of aromatic nitrogens is 1. The van der Waals surface area contributed by atoms with Crippen molar-refractivity contribution < 1.29 is 4.79 Å². The normalized spacial score (nSPS) is 16.4. The highest BCUT2D eigenvalue weighted by molar-refractivity contribution is 7.17. The molecule has 4 heteroatoms. The van der Waals surface area contributed by atoms with Gasteiger partial charge in [0.15, 0.2) is 0 Å². The maximum atomic E-state index is 12.6. The van der Waals surface area contributed by atoms with Gasteiger partial charge >= 0.3 is 0 Å². The number of amides is 1. The summed E-state index contributed by atoms with van der Waals surface area (Å²) in [6.07, 6.45) is 3.55. The van der Waals surface area contributed by atoms with Crippen molar-refractivity contribution >= 4 is 27.5 Å². The third-order valence-corrected chi connectivity index (χ3v) is 4.55. The highest BCUT2D eigenvalue weighted by Gasteiger charge is 2.22. The number of carbonyl (C=O) groups excluding carboxylic acids is 1. The summed E-state index contributed by atoms with van der Waals surface area (Å²) in [5.41, 5.74) is 2.06. The van der Waals surface area contributed by atoms with Crippen LogP contribution in [0.3, 0.4) is 0 Å². The van der Waals surface area contributed by atoms with E-state index in [2.05, 4.69) is 29.0 Å². The number of hydrogen-bond acceptors (Lipinski definition) is 2. The highest BCUT2D eigenvalue weighted by Crippen LogP contribution is 2.26. The van der Waals surface area contributed by atoms with Crippen LogP contribution in [0.25, 0.3) is 10.2 Å². The van der Waals surface area contributed by atoms with E-state index >= 15 is 0 Å². The lowest BCUT2D eigenvalue weighted by atomic mass is 10.1. The van der Waals surface area contributed by atoms with E-state index in [1.54, 1.807) is 11.3 Å². The lowest BCUT2D eigenvalue weighted by Crippen LogP contribution is -2.36. The topological polar surface area (TPSA) is 25.2 Å². The van der Waals surface area contributed by atoms with Gasteiger partial charge in [-0.25, -0.2) is 0 Å². The van der Waals surface area contributed by atoms with Gasteiger partial charge in [0, 0.05) is 19.6 Å². The van der Waals surface area contributed by atoms with Crippen molar-refractivity contribution in [2.75, 3.05) is 13.1 Å². The van der Waals surface area contributed by atoms with Gasteiger partial charge < -0.3 is 9.47 Å². The summed E-state index contributed by atoms with van der Waals surface area (Å²) in [4.78, 5) is 14.6. The Labute approximate surface area is 111 Å². The number of fused-ring (bicyclic) bond motifs is 1. The minimum atomic E-state index is 0.208. The third-order valence-electron chi connectivity index (χ3n) is 3.70. The van der Waals surface area contributed by atoms with Crippen LogP contribution in [0.1, 0.15) is 36.7 Å². The summed E-state index contributed by atoms with van der Waals surface area (Å²) >= 11 is 1.71. The van der Waals surface area contributed by atoms with Gasteiger partial charge in [0.2, 0.25) is 0 Å². The molecule has 3 nitrogen and oxygen atoms in total. The Bertz CT molecular complexity index is 563. The van der Waals surface area contributed by atoms with Crippen LogP contribution in [-0.4, -0.2) is 28.5 Å². The first-order chi connectivity index (χ1) is 8.81. The summed E-state index contributed by atoms with van der Waals surface area (Å²) in [7, 11) is 0. The first-order valence-corrected chi connectivity index (χ1v) is 7.55. The molecule has 0 aliphatic carbocycles. The van der Waals surface area contributed by atoms with Gasteiger partial charge in [0.25, 0.3) is 5.91 Å². The molecule has 0 bridgehead atoms. The SMILES string of the molecule is CCn1c(C(=O)N2CCCCC2)cc2sccc21. The zero-order valence-electron chi connectivity index (χ0n) is 10.7. The maximum absolute atomic E-state index is 12.6. The molecule has 1 fully saturated rings. The average molecular weight is 262 g/mol. The van der Waals surface area contributed by atoms with E-state index in [0.717, 1.165) is 38.2 Å². The summed E-state index contributed by atoms with van der Waals surface area (Å²) in [5.74, 6) is 0.208. The van der Waals surface area contributed by atoms with Crippen molar-refractivity contribution in [3.63, 3.8) is 0 Å². The van der Waals surface area contributed by atoms with Crippen molar-refractivity contribution in [3.05, 3.63) is 23.2 Å². The summed E-state index contributed by atoms with van der Waals surface area (Å²) in [6, 6.07) is 4.16. The second-order valence-corrected chi connectivity index (χ2v) is 5.74. The Kier molecular flexibility index (Phi) is 3.12. The molecule has 1 aliphatic heterocycles. The third kappa shape index (κ3) is 1.85. The second-order valence-electron chi connectivity index (χ2n) is 4.80. The maximum Gasteiger partial charge on any atom is 0.270 e. The molecule has 2 aromatic rings. The minimum absolute atomic E-state index is 0.208. The molecule has 0 saturated carbocycles. The number of nitrogens with zero attached hydrogens (tertiary/aromatic N) is 2. The minimum Gasteiger partial charge on any atom is -0.337 e. The smallest absolute Gasteiger partial charge is 0.270 e. The number of carbonyl (C=O) groups is 1. The van der Waals surface area contributed by atoms with Gasteiger partial charge in [-0.2, -0.15) is 0 Å². The van der Waals surface area contributed by atoms with Crippen LogP contribution in [0.5, 0.6) is 0 Å². The zero-order chi connectivity index (χ0) is 12.5. The van der Waals surface area contributed by atoms with Crippen molar-refractivity contribution in [2.45, 2.75) is 32.7 Å². The number of hydrogen-bond donors (Lipinski definition) is 0. The van der Waals surface area contributed by atoms with Crippen LogP contribution in [0.4, 0.5) is 0 Å². The Morgan fingerprint density at radius 2 is 2.11 bits per heavy atom. The molecule has 1 aliphatic rings. The van der Waals surface area contributed by atoms with Gasteiger partial charge in [-0.1, -0.05) is 0 Å². The van der Waals surface area contributed by atoms with Crippen LogP contribution in [-0.2, 0) is 6.54 Å². The molecule has 0 aromatic carbocycles. The molecular weight excluding hydrogens is 244 g/mol. The van der Waals surface area contributed by atoms with E-state index in [-0.39, 0.29) is 5.91 Å². The summed E-state index contributed by atoms with van der Waals surface area (Å²) in [6.45, 7) is 4.79. The van der Waals surface area contributed by atoms with E-state index in [0.29, 0.717) is 0 Å². The molecule has 0 unspecified atom stereocenters. The number of rotatable bonds is 2. The molecule has 0 spiro atoms. The van der Waals surface area contributed by atoms with Gasteiger partial charge in [-0.3, -0.25) is 4.79 Å². The van der Waals surface area contributed by atoms with E-state index < -0.39 is 0 Å². The standard InChI is InChI=1S/C14H18N2OS/c1-2-16-11-6-9-18-13(11)10-12(16)14(17)15-7-4-3-5-8-15/h6,9-10H,2-5,7-8H2,1H3. The van der Waals surface area contributed by atoms with E-state index in [4.69, 9.17) is 0 Å². The monoisotopic (exact) mass is 262 g/mol. The second kappa shape index (κ2) is 4.76. The predicted octanol–water partition coefficient (Wildman–Crippen LogP) is 3.35. The number of aryl methyl sites for hydroxylation is 1. The first-order valence-electron chi connectivity index (χ1n) is 6.67. The molecule has 3 heterocycles. The summed E-state index contributed by atoms with van der Waals surface area (Å²) in [5, 5.41) is 2.09. The van der Waals surface area contributed by atoms with Crippen LogP contribution in [0, 0.1) is 0 Å². The highest BCUT2D eigenvalue weighted by atomic mass is 32.1. The molecule has 0 atom stereocenters. The average Bonchev–Trinajstić information content (AvgIpc) is 2.98. The molecular formula is C14H18N2OS. The van der Waals surface area contributed by atoms with E-state index in [1.807, 2.05) is 4.90 Å². The molecule has 3 rings (SSSR count). The van der Waals surface area contributed by atoms with Crippen molar-refractivity contribution in [3.8, 4) is 0 Å². The van der Waals surface area contributed by atoms with Crippen LogP contribution in [0.15, 0.2) is 17.5 Å². The van der Waals surface area contributed by atoms with Crippen LogP contribution in [0.2, 0.25) is 0 Å². The largest absolute Gasteiger partial charge is 0.337 e. The molecule has 96 valence electrons. The Balaban J connectivity index is 1.97. The van der Waals surface area contributed by atoms with Crippen LogP contribution < -0.4 is 0 Å². The summed E-state index contributed by atoms with van der Waals surface area (Å²) < 4.78 is 3.36. The molecule has 0 N–H and O–H groups in total. The van der Waals surface area contributed by atoms with Gasteiger partial charge in [-0.15, -0.1) is 11.3 Å². The fourth-order valence-corrected chi connectivity index (χ4v) is 3.58. The van der Waals surface area contributed by atoms with Crippen molar-refractivity contribution in [1.29, 1.82) is 0 Å². The molecule has 2 aromatic heterocycles. The van der Waals surface area contributed by atoms with Crippen molar-refractivity contribution in [1.82, 2.24) is 9.47 Å². The Hall–Kier alpha value is -1.29. The lowest BCUT2D eigenvalue weighted by Gasteiger charge is -2.27. The first kappa shape index (κ1) is 11.8. The zero-order valence-corrected chi connectivity index (χ0v) is 11.5. The fourth-order valence-electron chi connectivity index (χ4n) is 2.75. The van der Waals surface area contributed by atoms with E-state index in [1.165, 1.54) is 16.6 Å². The molecule has 18 heavy (non-hydrogen) atoms. The van der Waals surface area contributed by atoms with Gasteiger partial charge in [0.1, 0.15) is 5.69 Å². The van der Waals surface area contributed by atoms with Gasteiger partial charge in [0.05, 0.1) is 10.2 Å². The number of likely N-dealkylation sites (tertiary alicyclic amines) is 1. The quantitative estimate of drug-likeness (QED) is 0.814. The molecule has 0 radical (unpaired) electrons. The Morgan fingerprint density at radius 3 is 2.83 bits per heavy atom. The van der Waals surface area contributed by atoms with E-state index in [9.17, 15) is 4.79 Å². The van der Waals surface area contributed by atoms with Crippen LogP contribution >= 0.6 is 11.3 Å². The van der Waals surface area contributed by atoms with Crippen molar-refractivity contribution in [2.24, 2.45) is 0 Å². The Morgan fingerprint density at radius 1 is 1.33 bits per heavy atom.